The average Bonchev–Trinajstić information content (AvgIpc) is 2.43. The van der Waals surface area contributed by atoms with Crippen molar-refractivity contribution in [1.29, 1.82) is 0 Å². The molecule has 0 amide bonds. The Morgan fingerprint density at radius 3 is 2.95 bits per heavy atom. The zero-order valence-electron chi connectivity index (χ0n) is 12.2. The number of hydrogen-bond donors (Lipinski definition) is 1. The van der Waals surface area contributed by atoms with E-state index in [1.165, 1.54) is 25.3 Å². The molecule has 2 fully saturated rings. The fourth-order valence-electron chi connectivity index (χ4n) is 3.75. The Labute approximate surface area is 120 Å². The second-order valence-electron chi connectivity index (χ2n) is 6.37. The van der Waals surface area contributed by atoms with Crippen molar-refractivity contribution in [2.75, 3.05) is 13.7 Å². The Balaban J connectivity index is 1.66. The third-order valence-electron chi connectivity index (χ3n) is 5.08. The molecular weight excluding hydrogens is 253 g/mol. The molecule has 0 bridgehead atoms. The van der Waals surface area contributed by atoms with Crippen LogP contribution >= 0.6 is 0 Å². The van der Waals surface area contributed by atoms with Gasteiger partial charge in [0.15, 0.2) is 0 Å². The molecule has 1 saturated carbocycles. The summed E-state index contributed by atoms with van der Waals surface area (Å²) in [4.78, 5) is 0. The zero-order chi connectivity index (χ0) is 14.0. The third-order valence-corrected chi connectivity index (χ3v) is 5.08. The highest BCUT2D eigenvalue weighted by Gasteiger charge is 2.43. The first-order valence-electron chi connectivity index (χ1n) is 7.76. The van der Waals surface area contributed by atoms with E-state index in [9.17, 15) is 4.39 Å². The fourth-order valence-corrected chi connectivity index (χ4v) is 3.75. The predicted octanol–water partition coefficient (Wildman–Crippen LogP) is 3.31. The molecule has 1 aliphatic carbocycles. The summed E-state index contributed by atoms with van der Waals surface area (Å²) in [6.07, 6.45) is 6.92. The highest BCUT2D eigenvalue weighted by atomic mass is 19.1. The maximum Gasteiger partial charge on any atom is 0.123 e. The first-order chi connectivity index (χ1) is 9.71. The van der Waals surface area contributed by atoms with Gasteiger partial charge in [0, 0.05) is 12.6 Å². The van der Waals surface area contributed by atoms with Crippen LogP contribution in [0.5, 0.6) is 0 Å². The standard InChI is InChI=1S/C17H24FNO/c1-19-16(11-13-4-2-5-15(18)10-13)14-6-9-20-17(12-14)7-3-8-17/h2,4-5,10,14,16,19H,3,6-9,11-12H2,1H3. The summed E-state index contributed by atoms with van der Waals surface area (Å²) in [7, 11) is 2.02. The van der Waals surface area contributed by atoms with Crippen LogP contribution in [0.25, 0.3) is 0 Å². The van der Waals surface area contributed by atoms with Crippen molar-refractivity contribution in [1.82, 2.24) is 5.32 Å². The van der Waals surface area contributed by atoms with Gasteiger partial charge in [0.1, 0.15) is 5.82 Å². The van der Waals surface area contributed by atoms with Gasteiger partial charge in [-0.3, -0.25) is 0 Å². The van der Waals surface area contributed by atoms with Crippen molar-refractivity contribution < 1.29 is 9.13 Å². The Morgan fingerprint density at radius 1 is 1.45 bits per heavy atom. The lowest BCUT2D eigenvalue weighted by Gasteiger charge is -2.48. The summed E-state index contributed by atoms with van der Waals surface area (Å²) < 4.78 is 19.3. The van der Waals surface area contributed by atoms with Crippen molar-refractivity contribution in [2.24, 2.45) is 5.92 Å². The second kappa shape index (κ2) is 5.82. The molecule has 3 rings (SSSR count). The number of benzene rings is 1. The molecule has 2 unspecified atom stereocenters. The van der Waals surface area contributed by atoms with Gasteiger partial charge in [-0.25, -0.2) is 4.39 Å². The molecule has 1 aromatic carbocycles. The molecule has 0 aromatic heterocycles. The summed E-state index contributed by atoms with van der Waals surface area (Å²) in [6, 6.07) is 7.40. The molecule has 1 spiro atoms. The van der Waals surface area contributed by atoms with Gasteiger partial charge in [-0.1, -0.05) is 12.1 Å². The van der Waals surface area contributed by atoms with E-state index >= 15 is 0 Å². The van der Waals surface area contributed by atoms with Crippen LogP contribution < -0.4 is 5.32 Å². The minimum atomic E-state index is -0.139. The highest BCUT2D eigenvalue weighted by molar-refractivity contribution is 5.18. The second-order valence-corrected chi connectivity index (χ2v) is 6.37. The van der Waals surface area contributed by atoms with Crippen LogP contribution in [0.3, 0.4) is 0 Å². The van der Waals surface area contributed by atoms with Crippen LogP contribution in [0, 0.1) is 11.7 Å². The zero-order valence-corrected chi connectivity index (χ0v) is 12.2. The molecule has 2 atom stereocenters. The summed E-state index contributed by atoms with van der Waals surface area (Å²) in [5.74, 6) is 0.497. The van der Waals surface area contributed by atoms with E-state index in [0.717, 1.165) is 31.4 Å². The van der Waals surface area contributed by atoms with E-state index in [1.807, 2.05) is 13.1 Å². The van der Waals surface area contributed by atoms with Crippen LogP contribution in [-0.4, -0.2) is 25.3 Å². The van der Waals surface area contributed by atoms with Gasteiger partial charge in [-0.2, -0.15) is 0 Å². The molecule has 2 nitrogen and oxygen atoms in total. The maximum atomic E-state index is 13.3. The van der Waals surface area contributed by atoms with Crippen molar-refractivity contribution in [3.05, 3.63) is 35.6 Å². The lowest BCUT2D eigenvalue weighted by Crippen LogP contribution is -2.50. The molecule has 20 heavy (non-hydrogen) atoms. The van der Waals surface area contributed by atoms with Gasteiger partial charge < -0.3 is 10.1 Å². The molecule has 2 aliphatic rings. The van der Waals surface area contributed by atoms with E-state index in [2.05, 4.69) is 5.32 Å². The minimum absolute atomic E-state index is 0.139. The summed E-state index contributed by atoms with van der Waals surface area (Å²) in [5, 5.41) is 3.45. The number of hydrogen-bond acceptors (Lipinski definition) is 2. The number of rotatable bonds is 4. The normalized spacial score (nSPS) is 26.2. The Morgan fingerprint density at radius 2 is 2.30 bits per heavy atom. The molecule has 0 radical (unpaired) electrons. The Hall–Kier alpha value is -0.930. The smallest absolute Gasteiger partial charge is 0.123 e. The Bertz CT molecular complexity index is 458. The minimum Gasteiger partial charge on any atom is -0.375 e. The molecule has 1 aliphatic heterocycles. The monoisotopic (exact) mass is 277 g/mol. The van der Waals surface area contributed by atoms with E-state index in [1.54, 1.807) is 12.1 Å². The van der Waals surface area contributed by atoms with E-state index < -0.39 is 0 Å². The van der Waals surface area contributed by atoms with Crippen LogP contribution in [-0.2, 0) is 11.2 Å². The van der Waals surface area contributed by atoms with Crippen molar-refractivity contribution in [3.63, 3.8) is 0 Å². The fraction of sp³-hybridized carbons (Fsp3) is 0.647. The van der Waals surface area contributed by atoms with Crippen LogP contribution in [0.15, 0.2) is 24.3 Å². The van der Waals surface area contributed by atoms with Crippen molar-refractivity contribution in [2.45, 2.75) is 50.2 Å². The first-order valence-corrected chi connectivity index (χ1v) is 7.76. The van der Waals surface area contributed by atoms with Crippen molar-refractivity contribution in [3.8, 4) is 0 Å². The average molecular weight is 277 g/mol. The first kappa shape index (κ1) is 14.0. The maximum absolute atomic E-state index is 13.3. The summed E-state index contributed by atoms with van der Waals surface area (Å²) in [6.45, 7) is 0.881. The molecule has 1 saturated heterocycles. The SMILES string of the molecule is CNC(Cc1cccc(F)c1)C1CCOC2(CCC2)C1. The molecular formula is C17H24FNO. The lowest BCUT2D eigenvalue weighted by atomic mass is 9.70. The summed E-state index contributed by atoms with van der Waals surface area (Å²) >= 11 is 0. The molecule has 3 heteroatoms. The lowest BCUT2D eigenvalue weighted by molar-refractivity contribution is -0.146. The van der Waals surface area contributed by atoms with Gasteiger partial charge >= 0.3 is 0 Å². The number of nitrogens with one attached hydrogen (secondary N) is 1. The Kier molecular flexibility index (Phi) is 4.08. The van der Waals surface area contributed by atoms with Crippen LogP contribution in [0.4, 0.5) is 4.39 Å². The number of ether oxygens (including phenoxy) is 1. The van der Waals surface area contributed by atoms with Gasteiger partial charge in [-0.05, 0) is 69.2 Å². The molecule has 110 valence electrons. The third kappa shape index (κ3) is 2.89. The molecule has 1 heterocycles. The van der Waals surface area contributed by atoms with E-state index in [-0.39, 0.29) is 11.4 Å². The summed E-state index contributed by atoms with van der Waals surface area (Å²) in [5.41, 5.74) is 1.26. The van der Waals surface area contributed by atoms with Gasteiger partial charge in [0.05, 0.1) is 5.60 Å². The van der Waals surface area contributed by atoms with Gasteiger partial charge in [0.2, 0.25) is 0 Å². The highest BCUT2D eigenvalue weighted by Crippen LogP contribution is 2.45. The van der Waals surface area contributed by atoms with E-state index in [0.29, 0.717) is 12.0 Å². The van der Waals surface area contributed by atoms with Gasteiger partial charge in [-0.15, -0.1) is 0 Å². The topological polar surface area (TPSA) is 21.3 Å². The van der Waals surface area contributed by atoms with Crippen LogP contribution in [0.2, 0.25) is 0 Å². The molecule has 1 N–H and O–H groups in total. The number of likely N-dealkylation sites (N-methyl/N-ethyl adjacent to an activating group) is 1. The van der Waals surface area contributed by atoms with E-state index in [4.69, 9.17) is 4.74 Å². The van der Waals surface area contributed by atoms with Crippen LogP contribution in [0.1, 0.15) is 37.7 Å². The predicted molar refractivity (Wildman–Crippen MR) is 78.2 cm³/mol. The largest absolute Gasteiger partial charge is 0.375 e. The van der Waals surface area contributed by atoms with Gasteiger partial charge in [0.25, 0.3) is 0 Å². The van der Waals surface area contributed by atoms with Crippen molar-refractivity contribution >= 4 is 0 Å². The quantitative estimate of drug-likeness (QED) is 0.911. The number of halogens is 1. The molecule has 1 aromatic rings.